The molecule has 1 aliphatic rings. The highest BCUT2D eigenvalue weighted by Crippen LogP contribution is 2.06. The number of amides is 4. The highest BCUT2D eigenvalue weighted by atomic mass is 16.4. The second-order valence-electron chi connectivity index (χ2n) is 3.97. The maximum absolute atomic E-state index is 11.4. The number of hydrogen-bond donors (Lipinski definition) is 2. The fraction of sp³-hybridized carbons (Fsp3) is 0.600. The number of carbonyl (C=O) groups excluding carboxylic acids is 3. The maximum atomic E-state index is 11.4. The van der Waals surface area contributed by atoms with Crippen LogP contribution in [0.25, 0.3) is 0 Å². The van der Waals surface area contributed by atoms with Crippen molar-refractivity contribution in [3.8, 4) is 0 Å². The first-order valence-electron chi connectivity index (χ1n) is 5.45. The van der Waals surface area contributed by atoms with Crippen LogP contribution in [-0.2, 0) is 14.4 Å². The zero-order chi connectivity index (χ0) is 13.7. The van der Waals surface area contributed by atoms with Gasteiger partial charge in [-0.3, -0.25) is 19.3 Å². The molecule has 0 spiro atoms. The van der Waals surface area contributed by atoms with Gasteiger partial charge in [-0.05, 0) is 6.42 Å². The molecular weight excluding hydrogens is 242 g/mol. The minimum atomic E-state index is -0.934. The lowest BCUT2D eigenvalue weighted by atomic mass is 10.3. The Morgan fingerprint density at radius 3 is 2.56 bits per heavy atom. The summed E-state index contributed by atoms with van der Waals surface area (Å²) in [6.45, 7) is -0.141. The summed E-state index contributed by atoms with van der Waals surface area (Å²) in [7, 11) is 1.48. The second kappa shape index (κ2) is 5.99. The van der Waals surface area contributed by atoms with Crippen LogP contribution in [0.1, 0.15) is 12.8 Å². The van der Waals surface area contributed by atoms with Crippen LogP contribution in [0, 0.1) is 0 Å². The summed E-state index contributed by atoms with van der Waals surface area (Å²) in [5, 5.41) is 10.8. The highest BCUT2D eigenvalue weighted by molar-refractivity contribution is 6.04. The van der Waals surface area contributed by atoms with E-state index in [-0.39, 0.29) is 26.1 Å². The van der Waals surface area contributed by atoms with Crippen LogP contribution in [0.15, 0.2) is 0 Å². The Morgan fingerprint density at radius 1 is 1.39 bits per heavy atom. The topological polar surface area (TPSA) is 107 Å². The van der Waals surface area contributed by atoms with Gasteiger partial charge < -0.3 is 15.3 Å². The summed E-state index contributed by atoms with van der Waals surface area (Å²) in [6.07, 6.45) is 0.271. The minimum absolute atomic E-state index is 0.0227. The predicted octanol–water partition coefficient (Wildman–Crippen LogP) is -1.14. The lowest BCUT2D eigenvalue weighted by molar-refractivity contribution is -0.137. The molecule has 0 aromatic rings. The highest BCUT2D eigenvalue weighted by Gasteiger charge is 2.34. The molecule has 8 heteroatoms. The number of imide groups is 1. The van der Waals surface area contributed by atoms with E-state index in [9.17, 15) is 19.2 Å². The molecule has 1 rings (SSSR count). The summed E-state index contributed by atoms with van der Waals surface area (Å²) in [6, 6.07) is -0.499. The lowest BCUT2D eigenvalue weighted by Gasteiger charge is -2.13. The molecule has 1 saturated heterocycles. The van der Waals surface area contributed by atoms with Crippen molar-refractivity contribution in [1.29, 1.82) is 0 Å². The largest absolute Gasteiger partial charge is 0.481 e. The molecule has 0 aliphatic carbocycles. The van der Waals surface area contributed by atoms with Gasteiger partial charge in [-0.15, -0.1) is 0 Å². The first-order valence-corrected chi connectivity index (χ1v) is 5.45. The number of carboxylic acids is 1. The van der Waals surface area contributed by atoms with Gasteiger partial charge in [-0.1, -0.05) is 0 Å². The SMILES string of the molecule is CN1CC(=O)N(CC(=O)NCCCC(=O)O)C1=O. The van der Waals surface area contributed by atoms with Gasteiger partial charge in [-0.2, -0.15) is 0 Å². The van der Waals surface area contributed by atoms with Crippen LogP contribution < -0.4 is 5.32 Å². The van der Waals surface area contributed by atoms with Crippen LogP contribution in [0.4, 0.5) is 4.79 Å². The number of likely N-dealkylation sites (N-methyl/N-ethyl adjacent to an activating group) is 1. The van der Waals surface area contributed by atoms with Crippen molar-refractivity contribution in [1.82, 2.24) is 15.1 Å². The second-order valence-corrected chi connectivity index (χ2v) is 3.97. The molecule has 1 heterocycles. The molecule has 1 fully saturated rings. The molecule has 0 saturated carbocycles. The minimum Gasteiger partial charge on any atom is -0.481 e. The molecule has 2 N–H and O–H groups in total. The summed E-state index contributed by atoms with van der Waals surface area (Å²) >= 11 is 0. The Kier molecular flexibility index (Phi) is 4.64. The molecule has 0 aromatic heterocycles. The molecule has 1 aliphatic heterocycles. The number of nitrogens with one attached hydrogen (secondary N) is 1. The van der Waals surface area contributed by atoms with Crippen LogP contribution >= 0.6 is 0 Å². The normalized spacial score (nSPS) is 15.2. The number of hydrogen-bond acceptors (Lipinski definition) is 4. The van der Waals surface area contributed by atoms with E-state index in [4.69, 9.17) is 5.11 Å². The third kappa shape index (κ3) is 3.72. The summed E-state index contributed by atoms with van der Waals surface area (Å²) in [5.41, 5.74) is 0. The Bertz CT molecular complexity index is 382. The van der Waals surface area contributed by atoms with Gasteiger partial charge in [0.05, 0.1) is 0 Å². The van der Waals surface area contributed by atoms with Gasteiger partial charge in [0.2, 0.25) is 5.91 Å². The Balaban J connectivity index is 2.30. The molecule has 0 aromatic carbocycles. The summed E-state index contributed by atoms with van der Waals surface area (Å²) < 4.78 is 0. The number of nitrogens with zero attached hydrogens (tertiary/aromatic N) is 2. The smallest absolute Gasteiger partial charge is 0.327 e. The van der Waals surface area contributed by atoms with Crippen molar-refractivity contribution in [3.05, 3.63) is 0 Å². The van der Waals surface area contributed by atoms with E-state index in [0.29, 0.717) is 6.42 Å². The van der Waals surface area contributed by atoms with Gasteiger partial charge >= 0.3 is 12.0 Å². The van der Waals surface area contributed by atoms with E-state index in [2.05, 4.69) is 5.32 Å². The van der Waals surface area contributed by atoms with Crippen molar-refractivity contribution in [2.45, 2.75) is 12.8 Å². The number of aliphatic carboxylic acids is 1. The van der Waals surface area contributed by atoms with E-state index < -0.39 is 23.8 Å². The Labute approximate surface area is 104 Å². The zero-order valence-corrected chi connectivity index (χ0v) is 10.0. The van der Waals surface area contributed by atoms with Crippen LogP contribution in [0.5, 0.6) is 0 Å². The first-order chi connectivity index (χ1) is 8.41. The number of urea groups is 1. The molecule has 0 unspecified atom stereocenters. The third-order valence-electron chi connectivity index (χ3n) is 2.42. The standard InChI is InChI=1S/C10H15N3O5/c1-12-6-8(15)13(10(12)18)5-7(14)11-4-2-3-9(16)17/h2-6H2,1H3,(H,11,14)(H,16,17). The van der Waals surface area contributed by atoms with E-state index in [1.807, 2.05) is 0 Å². The average Bonchev–Trinajstić information content (AvgIpc) is 2.51. The van der Waals surface area contributed by atoms with E-state index in [1.165, 1.54) is 11.9 Å². The predicted molar refractivity (Wildman–Crippen MR) is 59.6 cm³/mol. The van der Waals surface area contributed by atoms with Crippen molar-refractivity contribution in [3.63, 3.8) is 0 Å². The van der Waals surface area contributed by atoms with Crippen molar-refractivity contribution >= 4 is 23.8 Å². The molecular formula is C10H15N3O5. The van der Waals surface area contributed by atoms with Gasteiger partial charge in [0.25, 0.3) is 5.91 Å². The quantitative estimate of drug-likeness (QED) is 0.462. The average molecular weight is 257 g/mol. The van der Waals surface area contributed by atoms with Gasteiger partial charge in [0.1, 0.15) is 13.1 Å². The van der Waals surface area contributed by atoms with E-state index >= 15 is 0 Å². The lowest BCUT2D eigenvalue weighted by Crippen LogP contribution is -2.41. The fourth-order valence-electron chi connectivity index (χ4n) is 1.49. The zero-order valence-electron chi connectivity index (χ0n) is 10.0. The summed E-state index contributed by atoms with van der Waals surface area (Å²) in [4.78, 5) is 46.5. The van der Waals surface area contributed by atoms with Gasteiger partial charge in [0, 0.05) is 20.0 Å². The number of carbonyl (C=O) groups is 4. The molecule has 8 nitrogen and oxygen atoms in total. The third-order valence-corrected chi connectivity index (χ3v) is 2.42. The molecule has 18 heavy (non-hydrogen) atoms. The van der Waals surface area contributed by atoms with Gasteiger partial charge in [0.15, 0.2) is 0 Å². The number of carboxylic acid groups (broad SMARTS) is 1. The Morgan fingerprint density at radius 2 is 2.06 bits per heavy atom. The van der Waals surface area contributed by atoms with Crippen LogP contribution in [0.3, 0.4) is 0 Å². The Hall–Kier alpha value is -2.12. The fourth-order valence-corrected chi connectivity index (χ4v) is 1.49. The van der Waals surface area contributed by atoms with Crippen LogP contribution in [-0.4, -0.2) is 65.4 Å². The summed E-state index contributed by atoms with van der Waals surface area (Å²) in [5.74, 6) is -1.82. The molecule has 0 atom stereocenters. The van der Waals surface area contributed by atoms with E-state index in [1.54, 1.807) is 0 Å². The molecule has 4 amide bonds. The van der Waals surface area contributed by atoms with Crippen molar-refractivity contribution in [2.75, 3.05) is 26.7 Å². The number of rotatable bonds is 6. The molecule has 100 valence electrons. The van der Waals surface area contributed by atoms with Crippen molar-refractivity contribution < 1.29 is 24.3 Å². The molecule has 0 bridgehead atoms. The maximum Gasteiger partial charge on any atom is 0.327 e. The van der Waals surface area contributed by atoms with Gasteiger partial charge in [-0.25, -0.2) is 4.79 Å². The molecule has 0 radical (unpaired) electrons. The van der Waals surface area contributed by atoms with Crippen molar-refractivity contribution in [2.24, 2.45) is 0 Å². The first kappa shape index (κ1) is 13.9. The van der Waals surface area contributed by atoms with Crippen LogP contribution in [0.2, 0.25) is 0 Å². The monoisotopic (exact) mass is 257 g/mol. The van der Waals surface area contributed by atoms with E-state index in [0.717, 1.165) is 4.90 Å².